The summed E-state index contributed by atoms with van der Waals surface area (Å²) < 4.78 is 0. The SMILES string of the molecule is CCNC(=NCc1cccc(N2CC=CC2)c1)NC(C)CCCN(CC)CC. The molecule has 0 aromatic heterocycles. The van der Waals surface area contributed by atoms with Gasteiger partial charge in [-0.3, -0.25) is 0 Å². The van der Waals surface area contributed by atoms with Crippen molar-refractivity contribution in [2.75, 3.05) is 44.2 Å². The number of guanidine groups is 1. The van der Waals surface area contributed by atoms with Crippen LogP contribution in [0.2, 0.25) is 0 Å². The summed E-state index contributed by atoms with van der Waals surface area (Å²) in [6.45, 7) is 15.8. The molecule has 1 aromatic carbocycles. The molecule has 1 aromatic rings. The molecular formula is C23H39N5. The van der Waals surface area contributed by atoms with E-state index in [2.05, 4.69) is 84.5 Å². The third-order valence-electron chi connectivity index (χ3n) is 5.25. The largest absolute Gasteiger partial charge is 0.364 e. The first-order valence-electron chi connectivity index (χ1n) is 10.9. The minimum absolute atomic E-state index is 0.412. The van der Waals surface area contributed by atoms with E-state index in [0.717, 1.165) is 45.1 Å². The molecule has 0 spiro atoms. The highest BCUT2D eigenvalue weighted by atomic mass is 15.2. The van der Waals surface area contributed by atoms with Crippen molar-refractivity contribution in [1.29, 1.82) is 0 Å². The summed E-state index contributed by atoms with van der Waals surface area (Å²) in [5.41, 5.74) is 2.52. The van der Waals surface area contributed by atoms with Crippen LogP contribution >= 0.6 is 0 Å². The number of hydrogen-bond acceptors (Lipinski definition) is 3. The fourth-order valence-corrected chi connectivity index (χ4v) is 3.50. The van der Waals surface area contributed by atoms with E-state index in [-0.39, 0.29) is 0 Å². The van der Waals surface area contributed by atoms with E-state index in [4.69, 9.17) is 4.99 Å². The van der Waals surface area contributed by atoms with Gasteiger partial charge in [-0.05, 0) is 64.0 Å². The molecule has 2 N–H and O–H groups in total. The van der Waals surface area contributed by atoms with E-state index in [1.165, 1.54) is 24.2 Å². The Morgan fingerprint density at radius 3 is 2.61 bits per heavy atom. The van der Waals surface area contributed by atoms with Gasteiger partial charge in [0.1, 0.15) is 0 Å². The molecule has 28 heavy (non-hydrogen) atoms. The van der Waals surface area contributed by atoms with Crippen LogP contribution in [0.4, 0.5) is 5.69 Å². The molecule has 5 nitrogen and oxygen atoms in total. The zero-order chi connectivity index (χ0) is 20.2. The quantitative estimate of drug-likeness (QED) is 0.347. The van der Waals surface area contributed by atoms with Crippen molar-refractivity contribution in [1.82, 2.24) is 15.5 Å². The Bertz CT molecular complexity index is 613. The van der Waals surface area contributed by atoms with E-state index in [0.29, 0.717) is 12.6 Å². The lowest BCUT2D eigenvalue weighted by Gasteiger charge is -2.21. The second kappa shape index (κ2) is 12.4. The topological polar surface area (TPSA) is 42.9 Å². The molecule has 2 rings (SSSR count). The standard InChI is InChI=1S/C23H39N5/c1-5-24-23(26-20(4)12-11-15-27(6-2)7-3)25-19-21-13-10-14-22(18-21)28-16-8-9-17-28/h8-10,13-14,18,20H,5-7,11-12,15-17,19H2,1-4H3,(H2,24,25,26). The van der Waals surface area contributed by atoms with Crippen LogP contribution < -0.4 is 15.5 Å². The maximum absolute atomic E-state index is 4.82. The lowest BCUT2D eigenvalue weighted by atomic mass is 10.1. The molecule has 1 aliphatic rings. The number of rotatable bonds is 11. The zero-order valence-corrected chi connectivity index (χ0v) is 18.2. The van der Waals surface area contributed by atoms with Gasteiger partial charge < -0.3 is 20.4 Å². The van der Waals surface area contributed by atoms with Gasteiger partial charge in [0.2, 0.25) is 0 Å². The molecule has 0 radical (unpaired) electrons. The lowest BCUT2D eigenvalue weighted by molar-refractivity contribution is 0.292. The normalized spacial score (nSPS) is 15.3. The smallest absolute Gasteiger partial charge is 0.191 e. The van der Waals surface area contributed by atoms with Crippen molar-refractivity contribution in [3.63, 3.8) is 0 Å². The van der Waals surface area contributed by atoms with E-state index in [9.17, 15) is 0 Å². The summed E-state index contributed by atoms with van der Waals surface area (Å²) in [6, 6.07) is 9.15. The second-order valence-electron chi connectivity index (χ2n) is 7.46. The Hall–Kier alpha value is -2.01. The summed E-state index contributed by atoms with van der Waals surface area (Å²) in [5, 5.41) is 6.95. The van der Waals surface area contributed by atoms with Gasteiger partial charge >= 0.3 is 0 Å². The summed E-state index contributed by atoms with van der Waals surface area (Å²) in [6.07, 6.45) is 6.80. The lowest BCUT2D eigenvalue weighted by Crippen LogP contribution is -2.42. The van der Waals surface area contributed by atoms with Gasteiger partial charge in [0.05, 0.1) is 6.54 Å². The van der Waals surface area contributed by atoms with E-state index in [1.807, 2.05) is 0 Å². The Kier molecular flexibility index (Phi) is 9.91. The van der Waals surface area contributed by atoms with Gasteiger partial charge in [-0.15, -0.1) is 0 Å². The average molecular weight is 386 g/mol. The van der Waals surface area contributed by atoms with Gasteiger partial charge in [0.25, 0.3) is 0 Å². The first-order valence-corrected chi connectivity index (χ1v) is 10.9. The third-order valence-corrected chi connectivity index (χ3v) is 5.25. The van der Waals surface area contributed by atoms with Crippen LogP contribution in [-0.2, 0) is 6.54 Å². The van der Waals surface area contributed by atoms with Crippen molar-refractivity contribution in [3.8, 4) is 0 Å². The monoisotopic (exact) mass is 385 g/mol. The maximum atomic E-state index is 4.82. The molecule has 1 unspecified atom stereocenters. The highest BCUT2D eigenvalue weighted by Crippen LogP contribution is 2.18. The van der Waals surface area contributed by atoms with E-state index >= 15 is 0 Å². The van der Waals surface area contributed by atoms with Gasteiger partial charge in [-0.2, -0.15) is 0 Å². The minimum Gasteiger partial charge on any atom is -0.364 e. The maximum Gasteiger partial charge on any atom is 0.191 e. The van der Waals surface area contributed by atoms with Crippen LogP contribution in [0.5, 0.6) is 0 Å². The second-order valence-corrected chi connectivity index (χ2v) is 7.46. The van der Waals surface area contributed by atoms with Crippen LogP contribution in [0, 0.1) is 0 Å². The summed E-state index contributed by atoms with van der Waals surface area (Å²) in [5.74, 6) is 0.908. The molecule has 1 heterocycles. The van der Waals surface area contributed by atoms with Crippen molar-refractivity contribution in [3.05, 3.63) is 42.0 Å². The molecule has 0 saturated carbocycles. The predicted molar refractivity (Wildman–Crippen MR) is 122 cm³/mol. The van der Waals surface area contributed by atoms with E-state index in [1.54, 1.807) is 0 Å². The average Bonchev–Trinajstić information content (AvgIpc) is 3.25. The van der Waals surface area contributed by atoms with Crippen LogP contribution in [0.25, 0.3) is 0 Å². The molecule has 156 valence electrons. The number of hydrogen-bond donors (Lipinski definition) is 2. The number of nitrogens with one attached hydrogen (secondary N) is 2. The fraction of sp³-hybridized carbons (Fsp3) is 0.609. The zero-order valence-electron chi connectivity index (χ0n) is 18.2. The molecular weight excluding hydrogens is 346 g/mol. The van der Waals surface area contributed by atoms with Gasteiger partial charge in [-0.1, -0.05) is 38.1 Å². The number of benzene rings is 1. The van der Waals surface area contributed by atoms with Crippen LogP contribution in [0.1, 0.15) is 46.1 Å². The number of nitrogens with zero attached hydrogens (tertiary/aromatic N) is 3. The Morgan fingerprint density at radius 2 is 1.93 bits per heavy atom. The Morgan fingerprint density at radius 1 is 1.18 bits per heavy atom. The number of aliphatic imine (C=N–C) groups is 1. The van der Waals surface area contributed by atoms with Gasteiger partial charge in [-0.25, -0.2) is 4.99 Å². The van der Waals surface area contributed by atoms with Crippen LogP contribution in [-0.4, -0.2) is 56.2 Å². The van der Waals surface area contributed by atoms with Crippen molar-refractivity contribution < 1.29 is 0 Å². The number of anilines is 1. The summed E-state index contributed by atoms with van der Waals surface area (Å²) in [7, 11) is 0. The first-order chi connectivity index (χ1) is 13.7. The first kappa shape index (κ1) is 22.3. The predicted octanol–water partition coefficient (Wildman–Crippen LogP) is 3.63. The van der Waals surface area contributed by atoms with Crippen LogP contribution in [0.3, 0.4) is 0 Å². The summed E-state index contributed by atoms with van der Waals surface area (Å²) in [4.78, 5) is 9.67. The fourth-order valence-electron chi connectivity index (χ4n) is 3.50. The van der Waals surface area contributed by atoms with Crippen molar-refractivity contribution in [2.24, 2.45) is 4.99 Å². The molecule has 0 aliphatic carbocycles. The van der Waals surface area contributed by atoms with Crippen LogP contribution in [0.15, 0.2) is 41.4 Å². The Balaban J connectivity index is 1.86. The van der Waals surface area contributed by atoms with Gasteiger partial charge in [0.15, 0.2) is 5.96 Å². The molecule has 0 fully saturated rings. The minimum atomic E-state index is 0.412. The molecule has 5 heteroatoms. The molecule has 0 saturated heterocycles. The third kappa shape index (κ3) is 7.55. The Labute approximate surface area is 171 Å². The van der Waals surface area contributed by atoms with Crippen molar-refractivity contribution >= 4 is 11.6 Å². The van der Waals surface area contributed by atoms with E-state index < -0.39 is 0 Å². The van der Waals surface area contributed by atoms with Crippen molar-refractivity contribution in [2.45, 2.75) is 53.1 Å². The highest BCUT2D eigenvalue weighted by Gasteiger charge is 2.09. The molecule has 0 amide bonds. The molecule has 1 aliphatic heterocycles. The molecule has 0 bridgehead atoms. The molecule has 1 atom stereocenters. The van der Waals surface area contributed by atoms with Gasteiger partial charge in [0, 0.05) is 31.4 Å². The highest BCUT2D eigenvalue weighted by molar-refractivity contribution is 5.80. The summed E-state index contributed by atoms with van der Waals surface area (Å²) >= 11 is 0.